The number of methoxy groups -OCH3 is 1. The molecule has 0 saturated carbocycles. The van der Waals surface area contributed by atoms with E-state index in [4.69, 9.17) is 18.9 Å². The molecule has 0 spiro atoms. The minimum absolute atomic E-state index is 0.325. The number of hydrogen-bond donors (Lipinski definition) is 1. The molecular formula is C20H24O5. The molecule has 2 aromatic carbocycles. The van der Waals surface area contributed by atoms with Crippen LogP contribution in [0.3, 0.4) is 0 Å². The molecule has 0 amide bonds. The predicted octanol–water partition coefficient (Wildman–Crippen LogP) is 2.52. The Hall–Kier alpha value is -1.76. The van der Waals surface area contributed by atoms with Crippen LogP contribution in [0.15, 0.2) is 60.7 Å². The van der Waals surface area contributed by atoms with Crippen LogP contribution in [0.2, 0.25) is 0 Å². The maximum absolute atomic E-state index is 10.4. The summed E-state index contributed by atoms with van der Waals surface area (Å²) in [5.74, 6) is 0. The molecule has 3 rings (SSSR count). The summed E-state index contributed by atoms with van der Waals surface area (Å²) in [6.45, 7) is 1.21. The molecule has 5 nitrogen and oxygen atoms in total. The molecular weight excluding hydrogens is 320 g/mol. The molecule has 4 atom stereocenters. The van der Waals surface area contributed by atoms with Gasteiger partial charge in [0.2, 0.25) is 0 Å². The summed E-state index contributed by atoms with van der Waals surface area (Å²) in [5.41, 5.74) is 2.13. The van der Waals surface area contributed by atoms with Gasteiger partial charge in [0.15, 0.2) is 6.29 Å². The Morgan fingerprint density at radius 3 is 2.12 bits per heavy atom. The Morgan fingerprint density at radius 1 is 0.920 bits per heavy atom. The highest BCUT2D eigenvalue weighted by molar-refractivity contribution is 5.14. The van der Waals surface area contributed by atoms with E-state index in [1.54, 1.807) is 0 Å². The topological polar surface area (TPSA) is 57.2 Å². The summed E-state index contributed by atoms with van der Waals surface area (Å²) in [5, 5.41) is 10.4. The first kappa shape index (κ1) is 18.0. The maximum Gasteiger partial charge on any atom is 0.186 e. The van der Waals surface area contributed by atoms with Gasteiger partial charge in [0.05, 0.1) is 19.8 Å². The second-order valence-electron chi connectivity index (χ2n) is 6.03. The minimum atomic E-state index is -0.848. The Kier molecular flexibility index (Phi) is 6.55. The molecule has 1 fully saturated rings. The van der Waals surface area contributed by atoms with E-state index in [1.807, 2.05) is 60.7 Å². The van der Waals surface area contributed by atoms with Gasteiger partial charge in [-0.1, -0.05) is 60.7 Å². The summed E-state index contributed by atoms with van der Waals surface area (Å²) in [6.07, 6.45) is -2.43. The van der Waals surface area contributed by atoms with Crippen molar-refractivity contribution in [2.75, 3.05) is 13.7 Å². The highest BCUT2D eigenvalue weighted by atomic mass is 16.7. The van der Waals surface area contributed by atoms with E-state index >= 15 is 0 Å². The van der Waals surface area contributed by atoms with Crippen LogP contribution in [0.4, 0.5) is 0 Å². The van der Waals surface area contributed by atoms with E-state index in [0.717, 1.165) is 11.1 Å². The predicted molar refractivity (Wildman–Crippen MR) is 92.8 cm³/mol. The zero-order chi connectivity index (χ0) is 17.5. The van der Waals surface area contributed by atoms with E-state index in [0.29, 0.717) is 19.8 Å². The van der Waals surface area contributed by atoms with Crippen LogP contribution >= 0.6 is 0 Å². The molecule has 0 aliphatic carbocycles. The van der Waals surface area contributed by atoms with Crippen molar-refractivity contribution in [2.24, 2.45) is 0 Å². The van der Waals surface area contributed by atoms with Crippen molar-refractivity contribution in [3.63, 3.8) is 0 Å². The standard InChI is InChI=1S/C20H24O5/c1-22-20-18(21)19(24-13-16-10-6-3-7-11-16)17(25-20)14-23-12-15-8-4-2-5-9-15/h2-11,17-21H,12-14H2,1H3/t17-,18+,19+,20+/m1/s1. The Balaban J connectivity index is 1.55. The van der Waals surface area contributed by atoms with Crippen molar-refractivity contribution < 1.29 is 24.1 Å². The third-order valence-electron chi connectivity index (χ3n) is 4.20. The Morgan fingerprint density at radius 2 is 1.52 bits per heavy atom. The Bertz CT molecular complexity index is 618. The van der Waals surface area contributed by atoms with Gasteiger partial charge in [-0.2, -0.15) is 0 Å². The fraction of sp³-hybridized carbons (Fsp3) is 0.400. The smallest absolute Gasteiger partial charge is 0.186 e. The number of rotatable bonds is 8. The summed E-state index contributed by atoms with van der Waals surface area (Å²) in [6, 6.07) is 19.8. The van der Waals surface area contributed by atoms with Crippen LogP contribution in [0.5, 0.6) is 0 Å². The van der Waals surface area contributed by atoms with Crippen LogP contribution in [0, 0.1) is 0 Å². The number of benzene rings is 2. The molecule has 0 radical (unpaired) electrons. The molecule has 1 saturated heterocycles. The molecule has 0 bridgehead atoms. The second-order valence-corrected chi connectivity index (χ2v) is 6.03. The van der Waals surface area contributed by atoms with Crippen LogP contribution in [-0.2, 0) is 32.2 Å². The highest BCUT2D eigenvalue weighted by Gasteiger charge is 2.44. The molecule has 1 N–H and O–H groups in total. The normalized spacial score (nSPS) is 26.0. The first-order valence-corrected chi connectivity index (χ1v) is 8.41. The van der Waals surface area contributed by atoms with Gasteiger partial charge < -0.3 is 24.1 Å². The summed E-state index contributed by atoms with van der Waals surface area (Å²) < 4.78 is 22.6. The van der Waals surface area contributed by atoms with Gasteiger partial charge in [-0.25, -0.2) is 0 Å². The third-order valence-corrected chi connectivity index (χ3v) is 4.20. The number of ether oxygens (including phenoxy) is 4. The maximum atomic E-state index is 10.4. The van der Waals surface area contributed by atoms with Gasteiger partial charge in [0, 0.05) is 7.11 Å². The third kappa shape index (κ3) is 4.87. The van der Waals surface area contributed by atoms with Crippen molar-refractivity contribution in [2.45, 2.75) is 37.8 Å². The lowest BCUT2D eigenvalue weighted by Crippen LogP contribution is -2.37. The van der Waals surface area contributed by atoms with E-state index in [2.05, 4.69) is 0 Å². The lowest BCUT2D eigenvalue weighted by atomic mass is 10.1. The zero-order valence-electron chi connectivity index (χ0n) is 14.3. The van der Waals surface area contributed by atoms with Gasteiger partial charge in [0.1, 0.15) is 18.3 Å². The summed E-state index contributed by atoms with van der Waals surface area (Å²) >= 11 is 0. The van der Waals surface area contributed by atoms with Gasteiger partial charge in [-0.15, -0.1) is 0 Å². The van der Waals surface area contributed by atoms with Crippen molar-refractivity contribution >= 4 is 0 Å². The minimum Gasteiger partial charge on any atom is -0.385 e. The molecule has 0 unspecified atom stereocenters. The van der Waals surface area contributed by atoms with Crippen molar-refractivity contribution in [3.8, 4) is 0 Å². The molecule has 2 aromatic rings. The Labute approximate surface area is 148 Å². The van der Waals surface area contributed by atoms with Crippen molar-refractivity contribution in [3.05, 3.63) is 71.8 Å². The average Bonchev–Trinajstić information content (AvgIpc) is 2.97. The van der Waals surface area contributed by atoms with E-state index in [9.17, 15) is 5.11 Å². The zero-order valence-corrected chi connectivity index (χ0v) is 14.3. The number of aliphatic hydroxyl groups is 1. The lowest BCUT2D eigenvalue weighted by Gasteiger charge is -2.20. The van der Waals surface area contributed by atoms with Gasteiger partial charge in [0.25, 0.3) is 0 Å². The highest BCUT2D eigenvalue weighted by Crippen LogP contribution is 2.26. The lowest BCUT2D eigenvalue weighted by molar-refractivity contribution is -0.156. The molecule has 25 heavy (non-hydrogen) atoms. The van der Waals surface area contributed by atoms with Crippen LogP contribution < -0.4 is 0 Å². The largest absolute Gasteiger partial charge is 0.385 e. The van der Waals surface area contributed by atoms with Crippen LogP contribution in [-0.4, -0.2) is 43.4 Å². The number of hydrogen-bond acceptors (Lipinski definition) is 5. The molecule has 134 valence electrons. The van der Waals surface area contributed by atoms with Gasteiger partial charge in [-0.05, 0) is 11.1 Å². The number of aliphatic hydroxyl groups excluding tert-OH is 1. The molecule has 5 heteroatoms. The van der Waals surface area contributed by atoms with Gasteiger partial charge in [-0.3, -0.25) is 0 Å². The summed E-state index contributed by atoms with van der Waals surface area (Å²) in [4.78, 5) is 0. The monoisotopic (exact) mass is 344 g/mol. The molecule has 1 heterocycles. The first-order chi connectivity index (χ1) is 12.3. The average molecular weight is 344 g/mol. The van der Waals surface area contributed by atoms with E-state index in [1.165, 1.54) is 7.11 Å². The van der Waals surface area contributed by atoms with E-state index in [-0.39, 0.29) is 6.10 Å². The fourth-order valence-corrected chi connectivity index (χ4v) is 2.87. The van der Waals surface area contributed by atoms with Crippen LogP contribution in [0.1, 0.15) is 11.1 Å². The van der Waals surface area contributed by atoms with Crippen molar-refractivity contribution in [1.29, 1.82) is 0 Å². The van der Waals surface area contributed by atoms with Crippen LogP contribution in [0.25, 0.3) is 0 Å². The summed E-state index contributed by atoms with van der Waals surface area (Å²) in [7, 11) is 1.51. The fourth-order valence-electron chi connectivity index (χ4n) is 2.87. The van der Waals surface area contributed by atoms with Gasteiger partial charge >= 0.3 is 0 Å². The SMILES string of the molecule is CO[C@H]1O[C@H](COCc2ccccc2)[C@H](OCc2ccccc2)[C@@H]1O. The molecule has 0 aromatic heterocycles. The quantitative estimate of drug-likeness (QED) is 0.797. The molecule has 1 aliphatic heterocycles. The van der Waals surface area contributed by atoms with E-state index < -0.39 is 18.5 Å². The molecule has 1 aliphatic rings. The second kappa shape index (κ2) is 9.08. The van der Waals surface area contributed by atoms with Crippen molar-refractivity contribution in [1.82, 2.24) is 0 Å². The first-order valence-electron chi connectivity index (χ1n) is 8.41.